The summed E-state index contributed by atoms with van der Waals surface area (Å²) in [5, 5.41) is 9.62. The van der Waals surface area contributed by atoms with Crippen LogP contribution in [0.1, 0.15) is 13.8 Å². The molecule has 0 aliphatic carbocycles. The van der Waals surface area contributed by atoms with E-state index in [4.69, 9.17) is 5.11 Å². The molecule has 9 heavy (non-hydrogen) atoms. The normalized spacial score (nSPS) is 13.7. The summed E-state index contributed by atoms with van der Waals surface area (Å²) in [4.78, 5) is 1.93. The maximum absolute atomic E-state index is 9.15. The highest BCUT2D eigenvalue weighted by molar-refractivity contribution is 7.97. The van der Waals surface area contributed by atoms with Crippen molar-refractivity contribution >= 4 is 16.5 Å². The van der Waals surface area contributed by atoms with Gasteiger partial charge in [0.05, 0.1) is 0 Å². The Balaban J connectivity index is 3.79. The standard InChI is InChI=1S/C6H15NOS/c1-4-7(5-2)6(8)9-3/h8-9H,4-5H2,1-3H3. The number of aliphatic hydroxyl groups excluding tert-OH is 1. The minimum atomic E-state index is 0.472. The quantitative estimate of drug-likeness (QED) is 0.453. The van der Waals surface area contributed by atoms with E-state index in [0.717, 1.165) is 24.4 Å². The first kappa shape index (κ1) is 9.14. The lowest BCUT2D eigenvalue weighted by Gasteiger charge is -2.15. The smallest absolute Gasteiger partial charge is 0.142 e. The van der Waals surface area contributed by atoms with Crippen LogP contribution in [0.4, 0.5) is 0 Å². The number of rotatable bonds is 2. The molecule has 0 heterocycles. The van der Waals surface area contributed by atoms with Gasteiger partial charge in [-0.2, -0.15) is 11.4 Å². The molecule has 0 bridgehead atoms. The molecule has 0 amide bonds. The summed E-state index contributed by atoms with van der Waals surface area (Å²) in [6.07, 6.45) is 1.92. The summed E-state index contributed by atoms with van der Waals surface area (Å²) < 4.78 is 0. The molecule has 0 unspecified atom stereocenters. The summed E-state index contributed by atoms with van der Waals surface area (Å²) in [6, 6.07) is 0. The van der Waals surface area contributed by atoms with E-state index >= 15 is 0 Å². The van der Waals surface area contributed by atoms with Gasteiger partial charge in [0.1, 0.15) is 5.17 Å². The van der Waals surface area contributed by atoms with Gasteiger partial charge in [-0.25, -0.2) is 0 Å². The van der Waals surface area contributed by atoms with Crippen LogP contribution >= 0.6 is 11.4 Å². The lowest BCUT2D eigenvalue weighted by molar-refractivity contribution is 0.371. The molecule has 0 rings (SSSR count). The van der Waals surface area contributed by atoms with Gasteiger partial charge in [-0.3, -0.25) is 4.90 Å². The van der Waals surface area contributed by atoms with E-state index in [-0.39, 0.29) is 0 Å². The topological polar surface area (TPSA) is 23.5 Å². The fourth-order valence-corrected chi connectivity index (χ4v) is 1.21. The van der Waals surface area contributed by atoms with Crippen LogP contribution in [0.2, 0.25) is 0 Å². The Kier molecular flexibility index (Phi) is 5.04. The molecule has 56 valence electrons. The predicted molar refractivity (Wildman–Crippen MR) is 45.5 cm³/mol. The van der Waals surface area contributed by atoms with Crippen molar-refractivity contribution in [3.05, 3.63) is 0 Å². The molecule has 0 aromatic heterocycles. The number of hydrogen-bond donors (Lipinski definition) is 2. The Bertz CT molecular complexity index is 99.2. The fraction of sp³-hybridized carbons (Fsp3) is 0.833. The summed E-state index contributed by atoms with van der Waals surface area (Å²) in [7, 11) is 0. The van der Waals surface area contributed by atoms with Crippen molar-refractivity contribution in [3.63, 3.8) is 0 Å². The maximum Gasteiger partial charge on any atom is 0.142 e. The molecule has 1 N–H and O–H groups in total. The zero-order valence-corrected chi connectivity index (χ0v) is 7.15. The van der Waals surface area contributed by atoms with Crippen molar-refractivity contribution < 1.29 is 5.11 Å². The summed E-state index contributed by atoms with van der Waals surface area (Å²) in [5.41, 5.74) is 0. The number of hydrogen-bond acceptors (Lipinski definition) is 0. The lowest BCUT2D eigenvalue weighted by atomic mass is 10.6. The highest BCUT2D eigenvalue weighted by atomic mass is 32.1. The maximum atomic E-state index is 9.15. The summed E-state index contributed by atoms with van der Waals surface area (Å²) in [6.45, 7) is 5.85. The van der Waals surface area contributed by atoms with E-state index in [9.17, 15) is 0 Å². The number of thiol groups is 1. The second-order valence-electron chi connectivity index (χ2n) is 1.70. The Hall–Kier alpha value is 0.140. The molecule has 3 heteroatoms. The first-order chi connectivity index (χ1) is 4.26. The second kappa shape index (κ2) is 4.97. The van der Waals surface area contributed by atoms with Crippen LogP contribution in [0.3, 0.4) is 0 Å². The summed E-state index contributed by atoms with van der Waals surface area (Å²) in [5.74, 6) is 0. The van der Waals surface area contributed by atoms with Crippen LogP contribution in [-0.2, 0) is 0 Å². The first-order valence-corrected chi connectivity index (χ1v) is 4.51. The highest BCUT2D eigenvalue weighted by Crippen LogP contribution is 1.91. The summed E-state index contributed by atoms with van der Waals surface area (Å²) >= 11 is 0.952. The third-order valence-electron chi connectivity index (χ3n) is 1.25. The molecular formula is C6H15NOS. The van der Waals surface area contributed by atoms with Crippen LogP contribution in [-0.4, -0.2) is 34.5 Å². The lowest BCUT2D eigenvalue weighted by Crippen LogP contribution is -2.28. The van der Waals surface area contributed by atoms with Crippen LogP contribution in [0.15, 0.2) is 0 Å². The van der Waals surface area contributed by atoms with Crippen molar-refractivity contribution in [2.75, 3.05) is 19.3 Å². The van der Waals surface area contributed by atoms with Gasteiger partial charge in [0.25, 0.3) is 0 Å². The zero-order chi connectivity index (χ0) is 7.28. The minimum absolute atomic E-state index is 0.472. The van der Waals surface area contributed by atoms with Gasteiger partial charge in [0.2, 0.25) is 0 Å². The molecular weight excluding hydrogens is 134 g/mol. The minimum Gasteiger partial charge on any atom is -0.346 e. The molecule has 0 aromatic rings. The van der Waals surface area contributed by atoms with E-state index in [1.54, 1.807) is 0 Å². The van der Waals surface area contributed by atoms with Crippen molar-refractivity contribution in [1.82, 2.24) is 4.90 Å². The number of nitrogens with zero attached hydrogens (tertiary/aromatic N) is 1. The van der Waals surface area contributed by atoms with Gasteiger partial charge in [0, 0.05) is 13.1 Å². The third-order valence-corrected chi connectivity index (χ3v) is 1.93. The Morgan fingerprint density at radius 2 is 1.89 bits per heavy atom. The molecule has 0 radical (unpaired) electrons. The predicted octanol–water partition coefficient (Wildman–Crippen LogP) is 1.07. The molecule has 2 nitrogen and oxygen atoms in total. The van der Waals surface area contributed by atoms with Gasteiger partial charge in [-0.1, -0.05) is 13.8 Å². The van der Waals surface area contributed by atoms with Crippen LogP contribution in [0, 0.1) is 0 Å². The van der Waals surface area contributed by atoms with Crippen molar-refractivity contribution in [1.29, 1.82) is 0 Å². The molecule has 0 aliphatic rings. The highest BCUT2D eigenvalue weighted by Gasteiger charge is 1.99. The van der Waals surface area contributed by atoms with E-state index in [1.165, 1.54) is 0 Å². The SMILES string of the molecule is CCN(CC)C(O)=[SH]C. The van der Waals surface area contributed by atoms with Gasteiger partial charge < -0.3 is 5.11 Å². The molecule has 0 saturated carbocycles. The Morgan fingerprint density at radius 1 is 1.44 bits per heavy atom. The van der Waals surface area contributed by atoms with Crippen molar-refractivity contribution in [2.24, 2.45) is 0 Å². The molecule has 0 aromatic carbocycles. The second-order valence-corrected chi connectivity index (χ2v) is 2.54. The van der Waals surface area contributed by atoms with Crippen molar-refractivity contribution in [2.45, 2.75) is 13.8 Å². The Labute approximate surface area is 60.4 Å². The van der Waals surface area contributed by atoms with Gasteiger partial charge in [-0.05, 0) is 6.26 Å². The molecule has 0 spiro atoms. The van der Waals surface area contributed by atoms with Gasteiger partial charge >= 0.3 is 0 Å². The molecule has 0 atom stereocenters. The first-order valence-electron chi connectivity index (χ1n) is 3.16. The van der Waals surface area contributed by atoms with Gasteiger partial charge in [-0.15, -0.1) is 0 Å². The third kappa shape index (κ3) is 2.98. The van der Waals surface area contributed by atoms with Crippen LogP contribution in [0.5, 0.6) is 0 Å². The average molecular weight is 149 g/mol. The van der Waals surface area contributed by atoms with Gasteiger partial charge in [0.15, 0.2) is 0 Å². The number of aliphatic hydroxyl groups is 1. The van der Waals surface area contributed by atoms with E-state index in [1.807, 2.05) is 25.0 Å². The molecule has 0 aliphatic heterocycles. The fourth-order valence-electron chi connectivity index (χ4n) is 0.648. The monoisotopic (exact) mass is 149 g/mol. The van der Waals surface area contributed by atoms with E-state index < -0.39 is 0 Å². The van der Waals surface area contributed by atoms with Crippen LogP contribution in [0.25, 0.3) is 0 Å². The van der Waals surface area contributed by atoms with Crippen LogP contribution < -0.4 is 0 Å². The van der Waals surface area contributed by atoms with E-state index in [0.29, 0.717) is 5.17 Å². The Morgan fingerprint density at radius 3 is 2.00 bits per heavy atom. The van der Waals surface area contributed by atoms with E-state index in [2.05, 4.69) is 0 Å². The van der Waals surface area contributed by atoms with Crippen molar-refractivity contribution in [3.8, 4) is 0 Å². The average Bonchev–Trinajstić information content (AvgIpc) is 1.90. The molecule has 0 saturated heterocycles. The zero-order valence-electron chi connectivity index (χ0n) is 6.26. The molecule has 0 fully saturated rings. The largest absolute Gasteiger partial charge is 0.346 e.